The third kappa shape index (κ3) is 3.99. The molecule has 5 rings (SSSR count). The molecule has 4 aromatic heterocycles. The Morgan fingerprint density at radius 1 is 1.21 bits per heavy atom. The van der Waals surface area contributed by atoms with Gasteiger partial charge >= 0.3 is 6.09 Å². The number of piperidine rings is 1. The van der Waals surface area contributed by atoms with E-state index in [0.29, 0.717) is 5.92 Å². The Bertz CT molecular complexity index is 1270. The lowest BCUT2D eigenvalue weighted by molar-refractivity contribution is 0.107. The van der Waals surface area contributed by atoms with Gasteiger partial charge in [0, 0.05) is 49.8 Å². The van der Waals surface area contributed by atoms with Gasteiger partial charge in [-0.2, -0.15) is 10.2 Å². The lowest BCUT2D eigenvalue weighted by Gasteiger charge is -2.30. The number of anilines is 1. The van der Waals surface area contributed by atoms with Crippen molar-refractivity contribution in [2.75, 3.05) is 32.1 Å². The van der Waals surface area contributed by atoms with E-state index in [-0.39, 0.29) is 12.1 Å². The summed E-state index contributed by atoms with van der Waals surface area (Å²) in [5.74, 6) is 1.34. The average molecular weight is 448 g/mol. The fraction of sp³-hybridized carbons (Fsp3) is 0.417. The average Bonchev–Trinajstić information content (AvgIpc) is 3.45. The van der Waals surface area contributed by atoms with E-state index < -0.39 is 0 Å². The van der Waals surface area contributed by atoms with E-state index in [9.17, 15) is 4.79 Å². The lowest BCUT2D eigenvalue weighted by Crippen LogP contribution is -2.39. The Labute approximate surface area is 192 Å². The first-order valence-electron chi connectivity index (χ1n) is 11.4. The third-order valence-electron chi connectivity index (χ3n) is 6.41. The van der Waals surface area contributed by atoms with Crippen molar-refractivity contribution in [3.8, 4) is 11.1 Å². The Morgan fingerprint density at radius 3 is 2.67 bits per heavy atom. The molecule has 1 aliphatic rings. The Morgan fingerprint density at radius 2 is 1.97 bits per heavy atom. The number of nitrogens with zero attached hydrogens (tertiary/aromatic N) is 6. The van der Waals surface area contributed by atoms with Gasteiger partial charge in [0.05, 0.1) is 29.7 Å². The Balaban J connectivity index is 1.42. The maximum atomic E-state index is 11.7. The number of likely N-dealkylation sites (tertiary alicyclic amines) is 1. The molecule has 1 saturated heterocycles. The molecule has 4 aromatic rings. The first kappa shape index (κ1) is 21.2. The SMILES string of the molecule is COC(=O)N1CCC(CNc2nn(C(C)C)c3c2cnn2cc(-c4ccncc4)cc32)CC1. The highest BCUT2D eigenvalue weighted by atomic mass is 16.5. The van der Waals surface area contributed by atoms with Crippen molar-refractivity contribution in [1.29, 1.82) is 0 Å². The molecular weight excluding hydrogens is 418 g/mol. The number of pyridine rings is 1. The molecule has 1 aliphatic heterocycles. The van der Waals surface area contributed by atoms with Crippen LogP contribution in [0.1, 0.15) is 32.7 Å². The number of methoxy groups -OCH3 is 1. The number of aromatic nitrogens is 5. The van der Waals surface area contributed by atoms with Crippen LogP contribution in [0.5, 0.6) is 0 Å². The topological polar surface area (TPSA) is 89.6 Å². The van der Waals surface area contributed by atoms with E-state index in [1.54, 1.807) is 17.3 Å². The summed E-state index contributed by atoms with van der Waals surface area (Å²) in [5, 5.41) is 14.2. The van der Waals surface area contributed by atoms with Crippen molar-refractivity contribution < 1.29 is 9.53 Å². The molecule has 1 N–H and O–H groups in total. The number of carbonyl (C=O) groups is 1. The minimum Gasteiger partial charge on any atom is -0.453 e. The first-order chi connectivity index (χ1) is 16.0. The van der Waals surface area contributed by atoms with E-state index in [0.717, 1.165) is 65.8 Å². The Hall–Kier alpha value is -3.62. The standard InChI is InChI=1S/C24H29N7O2/c1-16(2)31-22-20(14-27-30-15-19(12-21(22)30)18-4-8-25-9-5-18)23(28-31)26-13-17-6-10-29(11-7-17)24(32)33-3/h4-5,8-9,12,14-17H,6-7,10-11,13H2,1-3H3,(H,26,28). The molecule has 5 heterocycles. The van der Waals surface area contributed by atoms with Crippen LogP contribution >= 0.6 is 0 Å². The molecule has 0 spiro atoms. The largest absolute Gasteiger partial charge is 0.453 e. The molecule has 0 bridgehead atoms. The highest BCUT2D eigenvalue weighted by Crippen LogP contribution is 2.32. The quantitative estimate of drug-likeness (QED) is 0.493. The van der Waals surface area contributed by atoms with Gasteiger partial charge in [0.1, 0.15) is 0 Å². The maximum absolute atomic E-state index is 11.7. The normalized spacial score (nSPS) is 15.0. The molecule has 9 heteroatoms. The van der Waals surface area contributed by atoms with E-state index in [4.69, 9.17) is 9.84 Å². The van der Waals surface area contributed by atoms with Crippen LogP contribution in [-0.4, -0.2) is 62.1 Å². The van der Waals surface area contributed by atoms with Gasteiger partial charge in [-0.15, -0.1) is 0 Å². The number of hydrogen-bond acceptors (Lipinski definition) is 6. The van der Waals surface area contributed by atoms with Gasteiger partial charge < -0.3 is 15.0 Å². The fourth-order valence-corrected chi connectivity index (χ4v) is 4.57. The van der Waals surface area contributed by atoms with Crippen LogP contribution in [-0.2, 0) is 4.74 Å². The number of ether oxygens (including phenoxy) is 1. The summed E-state index contributed by atoms with van der Waals surface area (Å²) in [4.78, 5) is 17.6. The maximum Gasteiger partial charge on any atom is 0.409 e. The fourth-order valence-electron chi connectivity index (χ4n) is 4.57. The van der Waals surface area contributed by atoms with Gasteiger partial charge in [-0.05, 0) is 56.4 Å². The van der Waals surface area contributed by atoms with Gasteiger partial charge in [0.25, 0.3) is 0 Å². The predicted octanol–water partition coefficient (Wildman–Crippen LogP) is 4.22. The molecule has 172 valence electrons. The Kier molecular flexibility index (Phi) is 5.62. The van der Waals surface area contributed by atoms with E-state index in [2.05, 4.69) is 40.0 Å². The van der Waals surface area contributed by atoms with Crippen molar-refractivity contribution in [3.05, 3.63) is 43.0 Å². The zero-order chi connectivity index (χ0) is 22.9. The van der Waals surface area contributed by atoms with Crippen molar-refractivity contribution in [2.45, 2.75) is 32.7 Å². The summed E-state index contributed by atoms with van der Waals surface area (Å²) in [6.45, 7) is 6.55. The van der Waals surface area contributed by atoms with Crippen LogP contribution in [0.15, 0.2) is 43.0 Å². The molecule has 0 atom stereocenters. The van der Waals surface area contributed by atoms with Crippen LogP contribution in [0.4, 0.5) is 10.6 Å². The first-order valence-corrected chi connectivity index (χ1v) is 11.4. The highest BCUT2D eigenvalue weighted by Gasteiger charge is 2.24. The summed E-state index contributed by atoms with van der Waals surface area (Å²) in [7, 11) is 1.43. The number of carbonyl (C=O) groups excluding carboxylic acids is 1. The van der Waals surface area contributed by atoms with Crippen LogP contribution in [0.2, 0.25) is 0 Å². The second-order valence-electron chi connectivity index (χ2n) is 8.87. The third-order valence-corrected chi connectivity index (χ3v) is 6.41. The summed E-state index contributed by atoms with van der Waals surface area (Å²) in [5.41, 5.74) is 4.31. The molecule has 0 aromatic carbocycles. The van der Waals surface area contributed by atoms with Crippen LogP contribution in [0.3, 0.4) is 0 Å². The number of fused-ring (bicyclic) bond motifs is 3. The second-order valence-corrected chi connectivity index (χ2v) is 8.87. The number of rotatable bonds is 5. The van der Waals surface area contributed by atoms with Crippen molar-refractivity contribution >= 4 is 28.3 Å². The minimum absolute atomic E-state index is 0.205. The van der Waals surface area contributed by atoms with Gasteiger partial charge in [0.2, 0.25) is 0 Å². The van der Waals surface area contributed by atoms with E-state index in [1.807, 2.05) is 29.0 Å². The molecule has 1 fully saturated rings. The van der Waals surface area contributed by atoms with Gasteiger partial charge in [-0.25, -0.2) is 9.31 Å². The molecule has 1 amide bonds. The zero-order valence-electron chi connectivity index (χ0n) is 19.2. The molecule has 9 nitrogen and oxygen atoms in total. The number of hydrogen-bond donors (Lipinski definition) is 1. The highest BCUT2D eigenvalue weighted by molar-refractivity contribution is 6.00. The van der Waals surface area contributed by atoms with Crippen molar-refractivity contribution in [1.82, 2.24) is 29.3 Å². The van der Waals surface area contributed by atoms with Gasteiger partial charge in [0.15, 0.2) is 5.82 Å². The minimum atomic E-state index is -0.239. The summed E-state index contributed by atoms with van der Waals surface area (Å²) in [6, 6.07) is 6.38. The molecule has 0 saturated carbocycles. The number of nitrogens with one attached hydrogen (secondary N) is 1. The van der Waals surface area contributed by atoms with Crippen LogP contribution in [0, 0.1) is 5.92 Å². The molecular formula is C24H29N7O2. The molecule has 0 aliphatic carbocycles. The van der Waals surface area contributed by atoms with Crippen molar-refractivity contribution in [3.63, 3.8) is 0 Å². The lowest BCUT2D eigenvalue weighted by atomic mass is 9.97. The predicted molar refractivity (Wildman–Crippen MR) is 127 cm³/mol. The smallest absolute Gasteiger partial charge is 0.409 e. The molecule has 0 radical (unpaired) electrons. The van der Waals surface area contributed by atoms with Crippen LogP contribution < -0.4 is 5.32 Å². The monoisotopic (exact) mass is 447 g/mol. The van der Waals surface area contributed by atoms with Gasteiger partial charge in [-0.1, -0.05) is 0 Å². The molecule has 33 heavy (non-hydrogen) atoms. The van der Waals surface area contributed by atoms with Crippen molar-refractivity contribution in [2.24, 2.45) is 5.92 Å². The summed E-state index contributed by atoms with van der Waals surface area (Å²) in [6.07, 6.45) is 9.20. The van der Waals surface area contributed by atoms with E-state index >= 15 is 0 Å². The van der Waals surface area contributed by atoms with Crippen LogP contribution in [0.25, 0.3) is 27.5 Å². The summed E-state index contributed by atoms with van der Waals surface area (Å²) >= 11 is 0. The number of amides is 1. The molecule has 0 unspecified atom stereocenters. The zero-order valence-corrected chi connectivity index (χ0v) is 19.2. The second kappa shape index (κ2) is 8.73. The van der Waals surface area contributed by atoms with E-state index in [1.165, 1.54) is 7.11 Å². The van der Waals surface area contributed by atoms with Gasteiger partial charge in [-0.3, -0.25) is 9.67 Å². The summed E-state index contributed by atoms with van der Waals surface area (Å²) < 4.78 is 8.84.